The van der Waals surface area contributed by atoms with Gasteiger partial charge < -0.3 is 30.5 Å². The number of aliphatic hydroxyl groups excluding tert-OH is 1. The molecule has 0 saturated carbocycles. The van der Waals surface area contributed by atoms with Crippen molar-refractivity contribution >= 4 is 35.4 Å². The SMILES string of the molecule is COCC(=N)N1CC(SC2=C(C(=O)O)N3C(=O)[C@H](C(C)O)[C@H]3C2)CC1C(N)=O. The predicted molar refractivity (Wildman–Crippen MR) is 100 cm³/mol. The Labute approximate surface area is 166 Å². The van der Waals surface area contributed by atoms with Gasteiger partial charge >= 0.3 is 5.97 Å². The number of rotatable bonds is 7. The van der Waals surface area contributed by atoms with E-state index in [1.54, 1.807) is 4.90 Å². The number of hydrogen-bond acceptors (Lipinski definition) is 7. The van der Waals surface area contributed by atoms with E-state index in [0.29, 0.717) is 24.3 Å². The summed E-state index contributed by atoms with van der Waals surface area (Å²) in [5.74, 6) is -2.56. The second-order valence-electron chi connectivity index (χ2n) is 7.25. The van der Waals surface area contributed by atoms with E-state index in [2.05, 4.69) is 0 Å². The maximum Gasteiger partial charge on any atom is 0.353 e. The summed E-state index contributed by atoms with van der Waals surface area (Å²) in [4.78, 5) is 39.2. The number of amides is 2. The lowest BCUT2D eigenvalue weighted by Crippen LogP contribution is -2.61. The minimum atomic E-state index is -1.18. The molecule has 3 rings (SSSR count). The highest BCUT2D eigenvalue weighted by Crippen LogP contribution is 2.49. The fourth-order valence-corrected chi connectivity index (χ4v) is 5.69. The van der Waals surface area contributed by atoms with Crippen LogP contribution in [-0.2, 0) is 19.1 Å². The number of nitrogens with zero attached hydrogens (tertiary/aromatic N) is 2. The first-order valence-corrected chi connectivity index (χ1v) is 9.81. The number of aliphatic carboxylic acids is 1. The monoisotopic (exact) mass is 412 g/mol. The van der Waals surface area contributed by atoms with Crippen LogP contribution in [-0.4, -0.2) is 87.3 Å². The van der Waals surface area contributed by atoms with Crippen LogP contribution < -0.4 is 5.73 Å². The normalized spacial score (nSPS) is 30.3. The van der Waals surface area contributed by atoms with Crippen molar-refractivity contribution < 1.29 is 29.3 Å². The molecule has 2 amide bonds. The van der Waals surface area contributed by atoms with Crippen molar-refractivity contribution in [3.8, 4) is 0 Å². The highest BCUT2D eigenvalue weighted by Gasteiger charge is 2.57. The van der Waals surface area contributed by atoms with E-state index in [4.69, 9.17) is 15.9 Å². The lowest BCUT2D eigenvalue weighted by molar-refractivity contribution is -0.161. The number of carbonyl (C=O) groups excluding carboxylic acids is 2. The number of hydrogen-bond donors (Lipinski definition) is 4. The van der Waals surface area contributed by atoms with E-state index in [9.17, 15) is 24.6 Å². The Hall–Kier alpha value is -2.11. The van der Waals surface area contributed by atoms with Crippen molar-refractivity contribution in [2.75, 3.05) is 20.3 Å². The summed E-state index contributed by atoms with van der Waals surface area (Å²) in [5.41, 5.74) is 5.43. The fourth-order valence-electron chi connectivity index (χ4n) is 4.21. The molecule has 11 heteroatoms. The van der Waals surface area contributed by atoms with Crippen LogP contribution in [0, 0.1) is 11.3 Å². The van der Waals surface area contributed by atoms with Gasteiger partial charge in [0.2, 0.25) is 11.8 Å². The lowest BCUT2D eigenvalue weighted by Gasteiger charge is -2.44. The smallest absolute Gasteiger partial charge is 0.353 e. The van der Waals surface area contributed by atoms with Crippen molar-refractivity contribution in [2.24, 2.45) is 11.7 Å². The van der Waals surface area contributed by atoms with Gasteiger partial charge in [0.1, 0.15) is 24.2 Å². The zero-order valence-corrected chi connectivity index (χ0v) is 16.4. The lowest BCUT2D eigenvalue weighted by atomic mass is 9.83. The number of likely N-dealkylation sites (tertiary alicyclic amines) is 1. The molecule has 5 atom stereocenters. The van der Waals surface area contributed by atoms with Gasteiger partial charge in [0.25, 0.3) is 0 Å². The summed E-state index contributed by atoms with van der Waals surface area (Å²) < 4.78 is 4.96. The summed E-state index contributed by atoms with van der Waals surface area (Å²) in [5, 5.41) is 27.3. The number of fused-ring (bicyclic) bond motifs is 1. The third-order valence-electron chi connectivity index (χ3n) is 5.42. The minimum absolute atomic E-state index is 0.0436. The molecule has 0 aromatic rings. The first-order valence-electron chi connectivity index (χ1n) is 8.93. The Balaban J connectivity index is 1.78. The Bertz CT molecular complexity index is 754. The highest BCUT2D eigenvalue weighted by molar-refractivity contribution is 8.03. The number of methoxy groups -OCH3 is 1. The van der Waals surface area contributed by atoms with Gasteiger partial charge in [-0.1, -0.05) is 0 Å². The number of thioether (sulfide) groups is 1. The zero-order chi connectivity index (χ0) is 20.7. The van der Waals surface area contributed by atoms with Gasteiger partial charge in [-0.15, -0.1) is 11.8 Å². The summed E-state index contributed by atoms with van der Waals surface area (Å²) >= 11 is 1.31. The predicted octanol–water partition coefficient (Wildman–Crippen LogP) is -0.821. The maximum absolute atomic E-state index is 12.3. The van der Waals surface area contributed by atoms with E-state index >= 15 is 0 Å². The number of ether oxygens (including phenoxy) is 1. The number of carboxylic acids is 1. The van der Waals surface area contributed by atoms with E-state index in [1.807, 2.05) is 0 Å². The third-order valence-corrected chi connectivity index (χ3v) is 6.74. The summed E-state index contributed by atoms with van der Waals surface area (Å²) in [7, 11) is 1.46. The van der Waals surface area contributed by atoms with Crippen molar-refractivity contribution in [3.05, 3.63) is 10.6 Å². The average Bonchev–Trinajstić information content (AvgIpc) is 3.15. The van der Waals surface area contributed by atoms with Crippen LogP contribution in [0.3, 0.4) is 0 Å². The molecule has 28 heavy (non-hydrogen) atoms. The number of amidine groups is 1. The van der Waals surface area contributed by atoms with E-state index < -0.39 is 29.9 Å². The average molecular weight is 412 g/mol. The molecule has 0 aromatic heterocycles. The van der Waals surface area contributed by atoms with Crippen LogP contribution in [0.5, 0.6) is 0 Å². The number of primary amides is 1. The summed E-state index contributed by atoms with van der Waals surface area (Å²) in [6.07, 6.45) is -0.106. The zero-order valence-electron chi connectivity index (χ0n) is 15.6. The topological polar surface area (TPSA) is 157 Å². The molecule has 3 heterocycles. The standard InChI is InChI=1S/C17H24N4O6S/c1-7(22)13-9-4-11(14(17(25)26)21(9)16(13)24)28-8-3-10(15(19)23)20(5-8)12(18)6-27-2/h7-10,13,18,22H,3-6H2,1-2H3,(H2,19,23)(H,25,26)/t7?,8?,9-,10?,13-/m1/s1. The molecule has 0 aliphatic carbocycles. The van der Waals surface area contributed by atoms with Crippen LogP contribution in [0.2, 0.25) is 0 Å². The Morgan fingerprint density at radius 1 is 1.46 bits per heavy atom. The van der Waals surface area contributed by atoms with Gasteiger partial charge in [-0.05, 0) is 13.3 Å². The molecule has 2 saturated heterocycles. The van der Waals surface area contributed by atoms with Gasteiger partial charge in [0.15, 0.2) is 0 Å². The summed E-state index contributed by atoms with van der Waals surface area (Å²) in [6, 6.07) is -1.00. The van der Waals surface area contributed by atoms with Crippen molar-refractivity contribution in [2.45, 2.75) is 43.2 Å². The number of aliphatic hydroxyl groups is 1. The Morgan fingerprint density at radius 3 is 2.68 bits per heavy atom. The van der Waals surface area contributed by atoms with Crippen LogP contribution in [0.4, 0.5) is 0 Å². The van der Waals surface area contributed by atoms with Gasteiger partial charge in [-0.2, -0.15) is 0 Å². The molecule has 0 aromatic carbocycles. The van der Waals surface area contributed by atoms with Gasteiger partial charge in [0, 0.05) is 30.2 Å². The van der Waals surface area contributed by atoms with Gasteiger partial charge in [-0.3, -0.25) is 15.0 Å². The van der Waals surface area contributed by atoms with E-state index in [0.717, 1.165) is 0 Å². The van der Waals surface area contributed by atoms with Crippen LogP contribution in [0.15, 0.2) is 10.6 Å². The molecular formula is C17H24N4O6S. The molecule has 0 radical (unpaired) electrons. The third kappa shape index (κ3) is 3.38. The quantitative estimate of drug-likeness (QED) is 0.240. The molecule has 10 nitrogen and oxygen atoms in total. The molecule has 0 bridgehead atoms. The first kappa shape index (κ1) is 20.6. The molecule has 5 N–H and O–H groups in total. The van der Waals surface area contributed by atoms with Crippen molar-refractivity contribution in [1.82, 2.24) is 9.80 Å². The van der Waals surface area contributed by atoms with E-state index in [1.165, 1.54) is 30.7 Å². The van der Waals surface area contributed by atoms with Gasteiger partial charge in [0.05, 0.1) is 18.1 Å². The molecule has 2 fully saturated rings. The molecule has 0 spiro atoms. The number of nitrogens with one attached hydrogen (secondary N) is 1. The second kappa shape index (κ2) is 7.72. The Morgan fingerprint density at radius 2 is 2.14 bits per heavy atom. The maximum atomic E-state index is 12.3. The van der Waals surface area contributed by atoms with Crippen molar-refractivity contribution in [1.29, 1.82) is 5.41 Å². The minimum Gasteiger partial charge on any atom is -0.477 e. The first-order chi connectivity index (χ1) is 13.2. The summed E-state index contributed by atoms with van der Waals surface area (Å²) in [6.45, 7) is 1.93. The number of nitrogens with two attached hydrogens (primary N) is 1. The molecule has 3 unspecified atom stereocenters. The fraction of sp³-hybridized carbons (Fsp3) is 0.647. The van der Waals surface area contributed by atoms with Crippen LogP contribution in [0.25, 0.3) is 0 Å². The number of β-lactam (4-membered cyclic amide) rings is 1. The largest absolute Gasteiger partial charge is 0.477 e. The Kier molecular flexibility index (Phi) is 5.69. The van der Waals surface area contributed by atoms with Gasteiger partial charge in [-0.25, -0.2) is 4.79 Å². The highest BCUT2D eigenvalue weighted by atomic mass is 32.2. The van der Waals surface area contributed by atoms with Crippen LogP contribution in [0.1, 0.15) is 19.8 Å². The van der Waals surface area contributed by atoms with Crippen molar-refractivity contribution in [3.63, 3.8) is 0 Å². The van der Waals surface area contributed by atoms with Crippen LogP contribution >= 0.6 is 11.8 Å². The number of carbonyl (C=O) groups is 3. The molecular weight excluding hydrogens is 388 g/mol. The van der Waals surface area contributed by atoms with E-state index in [-0.39, 0.29) is 35.3 Å². The molecule has 154 valence electrons. The molecule has 3 aliphatic heterocycles. The number of carboxylic acid groups (broad SMARTS) is 1. The second-order valence-corrected chi connectivity index (χ2v) is 8.64. The molecule has 3 aliphatic rings.